The normalized spacial score (nSPS) is 16.2. The molecule has 170 valence electrons. The topological polar surface area (TPSA) is 126 Å². The minimum absolute atomic E-state index is 0.137. The Labute approximate surface area is 193 Å². The number of aliphatic imine (C=N–C) groups is 2. The molecule has 0 atom stereocenters. The van der Waals surface area contributed by atoms with E-state index in [0.29, 0.717) is 33.8 Å². The van der Waals surface area contributed by atoms with Gasteiger partial charge in [-0.05, 0) is 44.9 Å². The van der Waals surface area contributed by atoms with Gasteiger partial charge in [-0.3, -0.25) is 10.1 Å². The number of nitrogens with zero attached hydrogens (tertiary/aromatic N) is 3. The molecule has 1 aromatic carbocycles. The number of allylic oxidation sites excluding steroid dienone is 3. The van der Waals surface area contributed by atoms with Crippen molar-refractivity contribution in [3.8, 4) is 0 Å². The summed E-state index contributed by atoms with van der Waals surface area (Å²) in [7, 11) is -3.65. The standard InChI is InChI=1S/C22H27ClN6O2S/c1-3-5-20(17-6-4-7-18(12-17)32(30,31)26-11-10-24)25-14-19(23)15(2)27-22-13-21(28-29-22)16-8-9-16/h3-7,12-14,16,26H,8-11,24H2,1-2H3,(H,28,29)/b5-3-,19-14+,25-20+,27-15?. The van der Waals surface area contributed by atoms with Crippen molar-refractivity contribution in [2.45, 2.75) is 37.5 Å². The van der Waals surface area contributed by atoms with Crippen molar-refractivity contribution in [3.05, 3.63) is 65.0 Å². The first-order valence-corrected chi connectivity index (χ1v) is 12.2. The van der Waals surface area contributed by atoms with Crippen LogP contribution in [-0.4, -0.2) is 43.1 Å². The lowest BCUT2D eigenvalue weighted by atomic mass is 10.1. The first-order valence-electron chi connectivity index (χ1n) is 10.3. The van der Waals surface area contributed by atoms with Crippen LogP contribution in [0.1, 0.15) is 43.9 Å². The highest BCUT2D eigenvalue weighted by Crippen LogP contribution is 2.39. The van der Waals surface area contributed by atoms with E-state index in [2.05, 4.69) is 24.9 Å². The van der Waals surface area contributed by atoms with Gasteiger partial charge in [0.1, 0.15) is 0 Å². The number of benzene rings is 1. The predicted molar refractivity (Wildman–Crippen MR) is 129 cm³/mol. The van der Waals surface area contributed by atoms with Gasteiger partial charge >= 0.3 is 0 Å². The molecule has 4 N–H and O–H groups in total. The molecule has 0 radical (unpaired) electrons. The third kappa shape index (κ3) is 6.46. The zero-order chi connectivity index (χ0) is 23.1. The van der Waals surface area contributed by atoms with Crippen molar-refractivity contribution in [2.75, 3.05) is 13.1 Å². The van der Waals surface area contributed by atoms with Gasteiger partial charge in [0.25, 0.3) is 0 Å². The van der Waals surface area contributed by atoms with Gasteiger partial charge in [-0.15, -0.1) is 0 Å². The number of H-pyrrole nitrogens is 1. The average molecular weight is 475 g/mol. The number of sulfonamides is 1. The highest BCUT2D eigenvalue weighted by Gasteiger charge is 2.25. The zero-order valence-electron chi connectivity index (χ0n) is 18.0. The predicted octanol–water partition coefficient (Wildman–Crippen LogP) is 3.76. The van der Waals surface area contributed by atoms with Crippen LogP contribution in [0.3, 0.4) is 0 Å². The number of halogens is 1. The molecule has 3 rings (SSSR count). The second kappa shape index (κ2) is 10.8. The number of nitrogens with one attached hydrogen (secondary N) is 2. The highest BCUT2D eigenvalue weighted by molar-refractivity contribution is 7.89. The lowest BCUT2D eigenvalue weighted by molar-refractivity contribution is 0.582. The average Bonchev–Trinajstić information content (AvgIpc) is 3.54. The Morgan fingerprint density at radius 3 is 2.84 bits per heavy atom. The Bertz CT molecular complexity index is 1180. The van der Waals surface area contributed by atoms with E-state index in [9.17, 15) is 8.42 Å². The van der Waals surface area contributed by atoms with E-state index in [0.717, 1.165) is 5.69 Å². The number of aromatic nitrogens is 2. The molecule has 1 aliphatic carbocycles. The van der Waals surface area contributed by atoms with Crippen LogP contribution in [0.5, 0.6) is 0 Å². The van der Waals surface area contributed by atoms with Gasteiger partial charge in [0.05, 0.1) is 21.4 Å². The van der Waals surface area contributed by atoms with Crippen molar-refractivity contribution in [2.24, 2.45) is 15.7 Å². The quantitative estimate of drug-likeness (QED) is 0.453. The number of rotatable bonds is 10. The molecule has 0 unspecified atom stereocenters. The molecule has 0 aliphatic heterocycles. The van der Waals surface area contributed by atoms with Crippen molar-refractivity contribution in [1.82, 2.24) is 14.9 Å². The molecule has 8 nitrogen and oxygen atoms in total. The van der Waals surface area contributed by atoms with Gasteiger partial charge < -0.3 is 5.73 Å². The summed E-state index contributed by atoms with van der Waals surface area (Å²) in [5.41, 5.74) is 8.27. The van der Waals surface area contributed by atoms with Crippen LogP contribution >= 0.6 is 11.6 Å². The summed E-state index contributed by atoms with van der Waals surface area (Å²) >= 11 is 6.40. The van der Waals surface area contributed by atoms with E-state index in [-0.39, 0.29) is 18.0 Å². The maximum atomic E-state index is 12.4. The molecule has 32 heavy (non-hydrogen) atoms. The molecule has 1 fully saturated rings. The Balaban J connectivity index is 1.84. The van der Waals surface area contributed by atoms with E-state index >= 15 is 0 Å². The Hall–Kier alpha value is -2.59. The molecule has 0 saturated heterocycles. The van der Waals surface area contributed by atoms with Crippen LogP contribution in [-0.2, 0) is 10.0 Å². The summed E-state index contributed by atoms with van der Waals surface area (Å²) in [4.78, 5) is 9.05. The third-order valence-corrected chi connectivity index (χ3v) is 6.58. The fourth-order valence-electron chi connectivity index (χ4n) is 2.90. The largest absolute Gasteiger partial charge is 0.329 e. The minimum atomic E-state index is -3.65. The highest BCUT2D eigenvalue weighted by atomic mass is 35.5. The van der Waals surface area contributed by atoms with E-state index < -0.39 is 10.0 Å². The van der Waals surface area contributed by atoms with E-state index in [1.54, 1.807) is 31.2 Å². The molecule has 0 spiro atoms. The summed E-state index contributed by atoms with van der Waals surface area (Å²) in [5.74, 6) is 1.15. The van der Waals surface area contributed by atoms with Crippen LogP contribution in [0.25, 0.3) is 0 Å². The first-order chi connectivity index (χ1) is 15.3. The van der Waals surface area contributed by atoms with Gasteiger partial charge in [-0.25, -0.2) is 18.1 Å². The Morgan fingerprint density at radius 2 is 2.16 bits per heavy atom. The maximum Gasteiger partial charge on any atom is 0.240 e. The van der Waals surface area contributed by atoms with Crippen LogP contribution in [0, 0.1) is 0 Å². The molecular formula is C22H27ClN6O2S. The lowest BCUT2D eigenvalue weighted by Crippen LogP contribution is -2.29. The van der Waals surface area contributed by atoms with Gasteiger partial charge in [-0.2, -0.15) is 5.10 Å². The Morgan fingerprint density at radius 1 is 1.38 bits per heavy atom. The van der Waals surface area contributed by atoms with Crippen LogP contribution < -0.4 is 10.5 Å². The van der Waals surface area contributed by atoms with Gasteiger partial charge in [0, 0.05) is 42.5 Å². The number of nitrogens with two attached hydrogens (primary N) is 1. The molecule has 2 aromatic rings. The maximum absolute atomic E-state index is 12.4. The minimum Gasteiger partial charge on any atom is -0.329 e. The van der Waals surface area contributed by atoms with E-state index in [1.165, 1.54) is 25.1 Å². The monoisotopic (exact) mass is 474 g/mol. The number of hydrogen-bond acceptors (Lipinski definition) is 6. The van der Waals surface area contributed by atoms with Crippen molar-refractivity contribution < 1.29 is 8.42 Å². The van der Waals surface area contributed by atoms with Crippen LogP contribution in [0.2, 0.25) is 0 Å². The molecule has 0 bridgehead atoms. The molecule has 1 heterocycles. The zero-order valence-corrected chi connectivity index (χ0v) is 19.6. The van der Waals surface area contributed by atoms with E-state index in [4.69, 9.17) is 17.3 Å². The van der Waals surface area contributed by atoms with E-state index in [1.807, 2.05) is 19.1 Å². The number of aromatic amines is 1. The van der Waals surface area contributed by atoms with Gasteiger partial charge in [0.2, 0.25) is 10.0 Å². The second-order valence-electron chi connectivity index (χ2n) is 7.36. The molecule has 1 saturated carbocycles. The fourth-order valence-corrected chi connectivity index (χ4v) is 4.09. The first kappa shape index (κ1) is 24.1. The second-order valence-corrected chi connectivity index (χ2v) is 9.53. The SMILES string of the molecule is C\C=C/C(=N\C=C(\Cl)C(C)=Nc1cc(C2CC2)[nH]n1)c1cccc(S(=O)(=O)NCCN)c1. The van der Waals surface area contributed by atoms with Crippen molar-refractivity contribution >= 4 is 38.9 Å². The third-order valence-electron chi connectivity index (χ3n) is 4.75. The summed E-state index contributed by atoms with van der Waals surface area (Å²) in [5, 5.41) is 7.58. The van der Waals surface area contributed by atoms with Gasteiger partial charge in [0.15, 0.2) is 5.82 Å². The van der Waals surface area contributed by atoms with Gasteiger partial charge in [-0.1, -0.05) is 29.8 Å². The fraction of sp³-hybridized carbons (Fsp3) is 0.318. The summed E-state index contributed by atoms with van der Waals surface area (Å²) in [6, 6.07) is 8.47. The van der Waals surface area contributed by atoms with Crippen LogP contribution in [0.4, 0.5) is 5.82 Å². The smallest absolute Gasteiger partial charge is 0.240 e. The summed E-state index contributed by atoms with van der Waals surface area (Å²) < 4.78 is 27.3. The van der Waals surface area contributed by atoms with Crippen LogP contribution in [0.15, 0.2) is 68.6 Å². The lowest BCUT2D eigenvalue weighted by Gasteiger charge is -2.08. The summed E-state index contributed by atoms with van der Waals surface area (Å²) in [6.45, 7) is 4.02. The molecule has 10 heteroatoms. The summed E-state index contributed by atoms with van der Waals surface area (Å²) in [6.07, 6.45) is 7.45. The molecule has 1 aliphatic rings. The Kier molecular flexibility index (Phi) is 8.14. The molecule has 0 amide bonds. The molecule has 1 aromatic heterocycles. The number of hydrogen-bond donors (Lipinski definition) is 3. The molecular weight excluding hydrogens is 448 g/mol. The van der Waals surface area contributed by atoms with Crippen molar-refractivity contribution in [1.29, 1.82) is 0 Å². The van der Waals surface area contributed by atoms with Crippen molar-refractivity contribution in [3.63, 3.8) is 0 Å².